The van der Waals surface area contributed by atoms with Crippen LogP contribution in [0.2, 0.25) is 5.02 Å². The molecule has 0 N–H and O–H groups in total. The van der Waals surface area contributed by atoms with E-state index in [1.54, 1.807) is 29.7 Å². The number of esters is 1. The van der Waals surface area contributed by atoms with Gasteiger partial charge in [-0.15, -0.1) is 0 Å². The average molecular weight is 491 g/mol. The molecule has 2 aromatic heterocycles. The van der Waals surface area contributed by atoms with Crippen molar-refractivity contribution in [3.05, 3.63) is 114 Å². The lowest BCUT2D eigenvalue weighted by Gasteiger charge is -2.24. The molecule has 0 bridgehead atoms. The summed E-state index contributed by atoms with van der Waals surface area (Å²) in [6.07, 6.45) is 1.68. The van der Waals surface area contributed by atoms with Gasteiger partial charge in [-0.3, -0.25) is 9.36 Å². The van der Waals surface area contributed by atoms with E-state index in [9.17, 15) is 9.59 Å². The van der Waals surface area contributed by atoms with Gasteiger partial charge in [-0.05, 0) is 36.8 Å². The smallest absolute Gasteiger partial charge is 0.338 e. The number of fused-ring (bicyclic) bond motifs is 1. The molecule has 3 heterocycles. The minimum atomic E-state index is -0.637. The van der Waals surface area contributed by atoms with Gasteiger partial charge < -0.3 is 9.15 Å². The molecule has 1 atom stereocenters. The number of allylic oxidation sites excluding steroid dienone is 1. The molecular formula is C26H19ClN2O4S. The quantitative estimate of drug-likeness (QED) is 0.399. The highest BCUT2D eigenvalue weighted by Crippen LogP contribution is 2.31. The maximum Gasteiger partial charge on any atom is 0.338 e. The molecule has 0 amide bonds. The highest BCUT2D eigenvalue weighted by molar-refractivity contribution is 7.07. The second-order valence-corrected chi connectivity index (χ2v) is 9.08. The Labute approximate surface area is 203 Å². The van der Waals surface area contributed by atoms with Crippen LogP contribution >= 0.6 is 22.9 Å². The first-order valence-electron chi connectivity index (χ1n) is 10.5. The summed E-state index contributed by atoms with van der Waals surface area (Å²) in [5, 5.41) is 0.580. The Hall–Kier alpha value is -3.68. The van der Waals surface area contributed by atoms with Gasteiger partial charge in [0.2, 0.25) is 0 Å². The Kier molecular flexibility index (Phi) is 5.81. The minimum Gasteiger partial charge on any atom is -0.466 e. The molecule has 0 saturated carbocycles. The number of thiazole rings is 1. The second kappa shape index (κ2) is 8.93. The summed E-state index contributed by atoms with van der Waals surface area (Å²) in [7, 11) is 1.32. The Balaban J connectivity index is 1.65. The summed E-state index contributed by atoms with van der Waals surface area (Å²) < 4.78 is 13.0. The number of hydrogen-bond donors (Lipinski definition) is 0. The summed E-state index contributed by atoms with van der Waals surface area (Å²) in [6.45, 7) is 1.75. The van der Waals surface area contributed by atoms with Crippen LogP contribution in [0.15, 0.2) is 92.2 Å². The van der Waals surface area contributed by atoms with Crippen LogP contribution in [0.5, 0.6) is 0 Å². The molecule has 0 fully saturated rings. The van der Waals surface area contributed by atoms with E-state index in [1.807, 2.05) is 54.6 Å². The van der Waals surface area contributed by atoms with Crippen LogP contribution < -0.4 is 14.9 Å². The highest BCUT2D eigenvalue weighted by Gasteiger charge is 2.32. The van der Waals surface area contributed by atoms with E-state index in [1.165, 1.54) is 18.4 Å². The number of carbonyl (C=O) groups is 1. The molecule has 2 aromatic carbocycles. The zero-order valence-electron chi connectivity index (χ0n) is 18.3. The number of rotatable bonds is 4. The Morgan fingerprint density at radius 2 is 1.85 bits per heavy atom. The molecule has 170 valence electrons. The zero-order valence-corrected chi connectivity index (χ0v) is 19.9. The van der Waals surface area contributed by atoms with Crippen LogP contribution in [0.3, 0.4) is 0 Å². The van der Waals surface area contributed by atoms with Crippen molar-refractivity contribution in [2.45, 2.75) is 13.0 Å². The molecule has 0 saturated heterocycles. The van der Waals surface area contributed by atoms with Gasteiger partial charge >= 0.3 is 5.97 Å². The van der Waals surface area contributed by atoms with Crippen molar-refractivity contribution < 1.29 is 13.9 Å². The number of furan rings is 1. The van der Waals surface area contributed by atoms with Crippen molar-refractivity contribution in [3.8, 4) is 11.3 Å². The Morgan fingerprint density at radius 3 is 2.59 bits per heavy atom. The summed E-state index contributed by atoms with van der Waals surface area (Å²) in [6, 6.07) is 19.7. The molecule has 8 heteroatoms. The van der Waals surface area contributed by atoms with Crippen molar-refractivity contribution in [1.29, 1.82) is 0 Å². The summed E-state index contributed by atoms with van der Waals surface area (Å²) in [5.74, 6) is 0.607. The van der Waals surface area contributed by atoms with E-state index in [4.69, 9.17) is 20.8 Å². The van der Waals surface area contributed by atoms with Crippen molar-refractivity contribution in [2.24, 2.45) is 4.99 Å². The van der Waals surface area contributed by atoms with E-state index in [0.29, 0.717) is 37.1 Å². The van der Waals surface area contributed by atoms with Gasteiger partial charge in [0.25, 0.3) is 5.56 Å². The lowest BCUT2D eigenvalue weighted by atomic mass is 9.96. The van der Waals surface area contributed by atoms with Crippen molar-refractivity contribution in [1.82, 2.24) is 4.57 Å². The predicted octanol–water partition coefficient (Wildman–Crippen LogP) is 4.32. The van der Waals surface area contributed by atoms with E-state index >= 15 is 0 Å². The molecular weight excluding hydrogens is 472 g/mol. The third-order valence-corrected chi connectivity index (χ3v) is 6.89. The fourth-order valence-corrected chi connectivity index (χ4v) is 5.26. The summed E-state index contributed by atoms with van der Waals surface area (Å²) in [5.41, 5.74) is 2.16. The molecule has 4 aromatic rings. The lowest BCUT2D eigenvalue weighted by Crippen LogP contribution is -2.39. The van der Waals surface area contributed by atoms with E-state index in [2.05, 4.69) is 4.99 Å². The molecule has 34 heavy (non-hydrogen) atoms. The number of nitrogens with zero attached hydrogens (tertiary/aromatic N) is 2. The maximum atomic E-state index is 13.5. The molecule has 0 spiro atoms. The molecule has 1 aliphatic heterocycles. The van der Waals surface area contributed by atoms with Crippen molar-refractivity contribution in [3.63, 3.8) is 0 Å². The average Bonchev–Trinajstić information content (AvgIpc) is 3.43. The van der Waals surface area contributed by atoms with Crippen LogP contribution in [0.4, 0.5) is 0 Å². The molecule has 1 unspecified atom stereocenters. The van der Waals surface area contributed by atoms with Crippen LogP contribution in [-0.4, -0.2) is 17.6 Å². The molecule has 1 aliphatic rings. The van der Waals surface area contributed by atoms with E-state index < -0.39 is 12.0 Å². The number of halogens is 1. The monoisotopic (exact) mass is 490 g/mol. The largest absolute Gasteiger partial charge is 0.466 e. The minimum absolute atomic E-state index is 0.262. The number of ether oxygens (including phenoxy) is 1. The van der Waals surface area contributed by atoms with Gasteiger partial charge in [0.15, 0.2) is 4.80 Å². The van der Waals surface area contributed by atoms with Gasteiger partial charge in [0, 0.05) is 11.6 Å². The fourth-order valence-electron chi connectivity index (χ4n) is 4.01. The van der Waals surface area contributed by atoms with Gasteiger partial charge in [0.05, 0.1) is 34.0 Å². The number of carbonyl (C=O) groups excluding carboxylic acids is 1. The number of benzene rings is 2. The van der Waals surface area contributed by atoms with Crippen LogP contribution in [-0.2, 0) is 9.53 Å². The van der Waals surface area contributed by atoms with Crippen LogP contribution in [0.1, 0.15) is 24.3 Å². The van der Waals surface area contributed by atoms with Gasteiger partial charge in [-0.2, -0.15) is 0 Å². The van der Waals surface area contributed by atoms with E-state index in [-0.39, 0.29) is 5.56 Å². The second-order valence-electron chi connectivity index (χ2n) is 7.67. The lowest BCUT2D eigenvalue weighted by molar-refractivity contribution is -0.136. The van der Waals surface area contributed by atoms with Crippen LogP contribution in [0, 0.1) is 0 Å². The van der Waals surface area contributed by atoms with Crippen molar-refractivity contribution >= 4 is 35.0 Å². The third kappa shape index (κ3) is 3.83. The zero-order chi connectivity index (χ0) is 23.8. The third-order valence-electron chi connectivity index (χ3n) is 5.58. The number of methoxy groups -OCH3 is 1. The molecule has 6 nitrogen and oxygen atoms in total. The normalized spacial score (nSPS) is 15.7. The standard InChI is InChI=1S/C26H19ClN2O4S/c1-15-22(25(31)32-2)23(16-8-4-3-5-9-16)29-24(30)21(34-26(29)28-15)14-17-12-13-20(33-17)18-10-6-7-11-19(18)27/h3-14,23H,1-2H3/b21-14+. The summed E-state index contributed by atoms with van der Waals surface area (Å²) in [4.78, 5) is 31.3. The fraction of sp³-hybridized carbons (Fsp3) is 0.115. The van der Waals surface area contributed by atoms with Crippen molar-refractivity contribution in [2.75, 3.05) is 7.11 Å². The summed E-state index contributed by atoms with van der Waals surface area (Å²) >= 11 is 7.53. The van der Waals surface area contributed by atoms with E-state index in [0.717, 1.165) is 11.1 Å². The van der Waals surface area contributed by atoms with Gasteiger partial charge in [0.1, 0.15) is 11.5 Å². The molecule has 0 radical (unpaired) electrons. The topological polar surface area (TPSA) is 73.8 Å². The molecule has 0 aliphatic carbocycles. The number of aromatic nitrogens is 1. The SMILES string of the molecule is COC(=O)C1=C(C)N=c2s/c(=C/c3ccc(-c4ccccc4Cl)o3)c(=O)n2C1c1ccccc1. The van der Waals surface area contributed by atoms with Gasteiger partial charge in [-0.1, -0.05) is 65.4 Å². The first-order chi connectivity index (χ1) is 16.5. The first kappa shape index (κ1) is 22.1. The maximum absolute atomic E-state index is 13.5. The number of hydrogen-bond acceptors (Lipinski definition) is 6. The molecule has 5 rings (SSSR count). The highest BCUT2D eigenvalue weighted by atomic mass is 35.5. The first-order valence-corrected chi connectivity index (χ1v) is 11.7. The van der Waals surface area contributed by atoms with Gasteiger partial charge in [-0.25, -0.2) is 9.79 Å². The Morgan fingerprint density at radius 1 is 1.12 bits per heavy atom. The van der Waals surface area contributed by atoms with Crippen LogP contribution in [0.25, 0.3) is 17.4 Å². The Bertz CT molecular complexity index is 1610. The predicted molar refractivity (Wildman–Crippen MR) is 131 cm³/mol.